The van der Waals surface area contributed by atoms with E-state index in [2.05, 4.69) is 15.8 Å². The Balaban J connectivity index is 2.41. The van der Waals surface area contributed by atoms with E-state index in [9.17, 15) is 33.0 Å². The van der Waals surface area contributed by atoms with E-state index in [0.717, 1.165) is 10.5 Å². The van der Waals surface area contributed by atoms with Crippen LogP contribution in [0.25, 0.3) is 0 Å². The summed E-state index contributed by atoms with van der Waals surface area (Å²) in [6, 6.07) is 12.9. The SMILES string of the molecule is CC[C@H](C)[C@H](NC(=O)CN(C(=O)O)C(C)(C)C)C(=O)N[C@@H](Cc1ccccc1)[C@H](O)CN(CC(C)C)S(=O)(=O)c1ccc(C=NO)cc1. The highest BCUT2D eigenvalue weighted by Gasteiger charge is 2.35. The molecule has 3 amide bonds. The molecule has 0 bridgehead atoms. The monoisotopic (exact) mass is 689 g/mol. The molecule has 0 spiro atoms. The predicted octanol–water partition coefficient (Wildman–Crippen LogP) is 3.54. The van der Waals surface area contributed by atoms with Crippen LogP contribution in [0, 0.1) is 11.8 Å². The smallest absolute Gasteiger partial charge is 0.408 e. The van der Waals surface area contributed by atoms with Gasteiger partial charge in [-0.15, -0.1) is 0 Å². The average Bonchev–Trinajstić information content (AvgIpc) is 3.01. The Labute approximate surface area is 284 Å². The first kappa shape index (κ1) is 40.2. The zero-order chi connectivity index (χ0) is 36.2. The molecule has 13 nitrogen and oxygen atoms in total. The number of rotatable bonds is 17. The molecule has 0 aliphatic heterocycles. The lowest BCUT2D eigenvalue weighted by molar-refractivity contribution is -0.132. The van der Waals surface area contributed by atoms with Gasteiger partial charge in [-0.2, -0.15) is 4.31 Å². The van der Waals surface area contributed by atoms with Crippen molar-refractivity contribution in [1.29, 1.82) is 0 Å². The lowest BCUT2D eigenvalue weighted by atomic mass is 9.96. The first-order valence-electron chi connectivity index (χ1n) is 16.0. The number of aliphatic hydroxyl groups excluding tert-OH is 1. The van der Waals surface area contributed by atoms with Gasteiger partial charge in [0, 0.05) is 18.6 Å². The van der Waals surface area contributed by atoms with Crippen molar-refractivity contribution < 1.29 is 38.2 Å². The van der Waals surface area contributed by atoms with Crippen molar-refractivity contribution in [3.05, 3.63) is 65.7 Å². The first-order valence-corrected chi connectivity index (χ1v) is 17.4. The largest absolute Gasteiger partial charge is 0.465 e. The van der Waals surface area contributed by atoms with Crippen molar-refractivity contribution in [2.75, 3.05) is 19.6 Å². The molecule has 266 valence electrons. The quantitative estimate of drug-likeness (QED) is 0.0947. The average molecular weight is 690 g/mol. The molecule has 0 fully saturated rings. The third-order valence-corrected chi connectivity index (χ3v) is 9.77. The van der Waals surface area contributed by atoms with Gasteiger partial charge in [0.25, 0.3) is 0 Å². The number of carboxylic acid groups (broad SMARTS) is 1. The predicted molar refractivity (Wildman–Crippen MR) is 183 cm³/mol. The van der Waals surface area contributed by atoms with E-state index in [0.29, 0.717) is 12.0 Å². The number of benzene rings is 2. The van der Waals surface area contributed by atoms with Gasteiger partial charge in [0.2, 0.25) is 21.8 Å². The van der Waals surface area contributed by atoms with Crippen molar-refractivity contribution in [1.82, 2.24) is 19.8 Å². The Morgan fingerprint density at radius 3 is 2.06 bits per heavy atom. The Bertz CT molecular complexity index is 1480. The number of hydrogen-bond donors (Lipinski definition) is 5. The molecule has 0 saturated heterocycles. The lowest BCUT2D eigenvalue weighted by Crippen LogP contribution is -2.58. The minimum atomic E-state index is -4.09. The zero-order valence-electron chi connectivity index (χ0n) is 28.8. The van der Waals surface area contributed by atoms with E-state index in [4.69, 9.17) is 5.21 Å². The first-order chi connectivity index (χ1) is 22.4. The molecule has 14 heteroatoms. The van der Waals surface area contributed by atoms with Crippen LogP contribution in [-0.4, -0.2) is 101 Å². The minimum absolute atomic E-state index is 0.0145. The summed E-state index contributed by atoms with van der Waals surface area (Å²) in [6.07, 6.45) is -0.791. The van der Waals surface area contributed by atoms with Crippen molar-refractivity contribution in [3.8, 4) is 0 Å². The van der Waals surface area contributed by atoms with Crippen LogP contribution >= 0.6 is 0 Å². The van der Waals surface area contributed by atoms with Crippen molar-refractivity contribution in [2.45, 2.75) is 89.9 Å². The Morgan fingerprint density at radius 2 is 1.56 bits per heavy atom. The summed E-state index contributed by atoms with van der Waals surface area (Å²) in [7, 11) is -4.09. The Kier molecular flexibility index (Phi) is 15.0. The molecule has 0 unspecified atom stereocenters. The summed E-state index contributed by atoms with van der Waals surface area (Å²) >= 11 is 0. The minimum Gasteiger partial charge on any atom is -0.465 e. The molecule has 48 heavy (non-hydrogen) atoms. The molecule has 2 aromatic rings. The van der Waals surface area contributed by atoms with Crippen LogP contribution in [0.3, 0.4) is 0 Å². The standard InChI is InChI=1S/C34H51N5O8S/c1-8-24(4)31(37-30(41)22-39(33(43)44)34(5,6)7)32(42)36-28(18-25-12-10-9-11-13-25)29(40)21-38(20-23(2)3)48(46,47)27-16-14-26(15-17-27)19-35-45/h9-17,19,23-24,28-29,31,40,45H,8,18,20-22H2,1-7H3,(H,36,42)(H,37,41)(H,43,44)/t24-,28-,29+,31-/m0/s1. The summed E-state index contributed by atoms with van der Waals surface area (Å²) in [5.41, 5.74) is 0.419. The second-order valence-electron chi connectivity index (χ2n) is 13.4. The summed E-state index contributed by atoms with van der Waals surface area (Å²) in [5.74, 6) is -1.69. The van der Waals surface area contributed by atoms with Crippen LogP contribution in [0.5, 0.6) is 0 Å². The van der Waals surface area contributed by atoms with Crippen molar-refractivity contribution in [2.24, 2.45) is 17.0 Å². The van der Waals surface area contributed by atoms with E-state index in [1.165, 1.54) is 34.8 Å². The third-order valence-electron chi connectivity index (χ3n) is 7.93. The Hall–Kier alpha value is -4.01. The third kappa shape index (κ3) is 11.9. The van der Waals surface area contributed by atoms with Gasteiger partial charge in [0.05, 0.1) is 23.3 Å². The van der Waals surface area contributed by atoms with Crippen LogP contribution in [0.2, 0.25) is 0 Å². The van der Waals surface area contributed by atoms with Crippen LogP contribution in [0.1, 0.15) is 66.0 Å². The molecule has 0 radical (unpaired) electrons. The fraction of sp³-hybridized carbons (Fsp3) is 0.529. The number of carbonyl (C=O) groups excluding carboxylic acids is 2. The van der Waals surface area contributed by atoms with Gasteiger partial charge < -0.3 is 26.1 Å². The van der Waals surface area contributed by atoms with Gasteiger partial charge in [-0.1, -0.05) is 81.7 Å². The number of amides is 3. The maximum absolute atomic E-state index is 13.8. The highest BCUT2D eigenvalue weighted by atomic mass is 32.2. The fourth-order valence-electron chi connectivity index (χ4n) is 5.04. The van der Waals surface area contributed by atoms with E-state index in [1.807, 2.05) is 51.1 Å². The van der Waals surface area contributed by atoms with Crippen LogP contribution in [0.4, 0.5) is 4.79 Å². The zero-order valence-corrected chi connectivity index (χ0v) is 29.6. The number of nitrogens with one attached hydrogen (secondary N) is 2. The van der Waals surface area contributed by atoms with Crippen molar-refractivity contribution >= 4 is 34.1 Å². The van der Waals surface area contributed by atoms with Gasteiger partial charge in [0.1, 0.15) is 12.6 Å². The molecule has 0 heterocycles. The van der Waals surface area contributed by atoms with Gasteiger partial charge in [-0.05, 0) is 62.3 Å². The maximum atomic E-state index is 13.8. The normalized spacial score (nSPS) is 14.8. The molecule has 0 aromatic heterocycles. The van der Waals surface area contributed by atoms with Crippen LogP contribution in [0.15, 0.2) is 64.6 Å². The van der Waals surface area contributed by atoms with Crippen LogP contribution < -0.4 is 10.6 Å². The van der Waals surface area contributed by atoms with Gasteiger partial charge in [0.15, 0.2) is 0 Å². The molecule has 2 aromatic carbocycles. The second kappa shape index (κ2) is 17.9. The molecule has 5 N–H and O–H groups in total. The molecule has 0 saturated carbocycles. The van der Waals surface area contributed by atoms with Gasteiger partial charge in [-0.3, -0.25) is 14.5 Å². The highest BCUT2D eigenvalue weighted by Crippen LogP contribution is 2.20. The molecular formula is C34H51N5O8S. The number of nitrogens with zero attached hydrogens (tertiary/aromatic N) is 3. The highest BCUT2D eigenvalue weighted by molar-refractivity contribution is 7.89. The fourth-order valence-corrected chi connectivity index (χ4v) is 6.66. The summed E-state index contributed by atoms with van der Waals surface area (Å²) < 4.78 is 28.8. The number of oxime groups is 1. The summed E-state index contributed by atoms with van der Waals surface area (Å²) in [5, 5.41) is 38.6. The topological polar surface area (TPSA) is 189 Å². The Morgan fingerprint density at radius 1 is 0.958 bits per heavy atom. The van der Waals surface area contributed by atoms with Gasteiger partial charge >= 0.3 is 6.09 Å². The molecular weight excluding hydrogens is 638 g/mol. The van der Waals surface area contributed by atoms with Gasteiger partial charge in [-0.25, -0.2) is 13.2 Å². The van der Waals surface area contributed by atoms with E-state index in [-0.39, 0.29) is 36.2 Å². The van der Waals surface area contributed by atoms with Crippen LogP contribution in [-0.2, 0) is 26.0 Å². The summed E-state index contributed by atoms with van der Waals surface area (Å²) in [4.78, 5) is 39.7. The van der Waals surface area contributed by atoms with E-state index < -0.39 is 58.2 Å². The number of carbonyl (C=O) groups is 3. The molecule has 4 atom stereocenters. The van der Waals surface area contributed by atoms with E-state index >= 15 is 0 Å². The maximum Gasteiger partial charge on any atom is 0.408 e. The molecule has 0 aliphatic rings. The van der Waals surface area contributed by atoms with E-state index in [1.54, 1.807) is 27.7 Å². The number of hydrogen-bond acceptors (Lipinski definition) is 8. The van der Waals surface area contributed by atoms with Crippen molar-refractivity contribution in [3.63, 3.8) is 0 Å². The number of sulfonamides is 1. The second-order valence-corrected chi connectivity index (χ2v) is 15.3. The molecule has 0 aliphatic carbocycles. The summed E-state index contributed by atoms with van der Waals surface area (Å²) in [6.45, 7) is 11.6. The molecule has 2 rings (SSSR count). The number of aliphatic hydroxyl groups is 1. The lowest BCUT2D eigenvalue weighted by Gasteiger charge is -2.34.